The van der Waals surface area contributed by atoms with Gasteiger partial charge >= 0.3 is 6.09 Å². The Hall–Kier alpha value is -0.750. The highest BCUT2D eigenvalue weighted by molar-refractivity contribution is 9.08. The second-order valence-corrected chi connectivity index (χ2v) is 3.56. The molecule has 0 fully saturated rings. The van der Waals surface area contributed by atoms with E-state index in [9.17, 15) is 4.79 Å². The fraction of sp³-hybridized carbons (Fsp3) is 0.429. The van der Waals surface area contributed by atoms with Gasteiger partial charge in [-0.15, -0.1) is 0 Å². The molecule has 0 radical (unpaired) electrons. The lowest BCUT2D eigenvalue weighted by Gasteiger charge is -2.07. The maximum absolute atomic E-state index is 11.1. The molecule has 0 aromatic carbocycles. The quantitative estimate of drug-likeness (QED) is 0.781. The molecule has 0 unspecified atom stereocenters. The van der Waals surface area contributed by atoms with Gasteiger partial charge in [0.15, 0.2) is 5.76 Å². The fourth-order valence-electron chi connectivity index (χ4n) is 0.616. The van der Waals surface area contributed by atoms with E-state index in [-0.39, 0.29) is 10.9 Å². The normalized spacial score (nSPS) is 10.0. The molecule has 5 nitrogen and oxygen atoms in total. The van der Waals surface area contributed by atoms with Crippen LogP contribution in [-0.4, -0.2) is 30.2 Å². The summed E-state index contributed by atoms with van der Waals surface area (Å²) < 4.78 is 9.62. The van der Waals surface area contributed by atoms with Crippen LogP contribution in [0.1, 0.15) is 5.76 Å². The molecule has 0 N–H and O–H groups in total. The third kappa shape index (κ3) is 2.39. The zero-order valence-corrected chi connectivity index (χ0v) is 9.92. The molecule has 0 spiro atoms. The molecule has 1 amide bonds. The van der Waals surface area contributed by atoms with Crippen molar-refractivity contribution in [3.63, 3.8) is 0 Å². The predicted molar refractivity (Wildman–Crippen MR) is 53.9 cm³/mol. The molecule has 1 aromatic heterocycles. The summed E-state index contributed by atoms with van der Waals surface area (Å²) in [6, 6.07) is 0. The Balaban J connectivity index is 2.77. The number of nitrogens with zero attached hydrogens (tertiary/aromatic N) is 2. The first-order valence-corrected chi connectivity index (χ1v) is 5.15. The van der Waals surface area contributed by atoms with Gasteiger partial charge in [0.2, 0.25) is 0 Å². The van der Waals surface area contributed by atoms with E-state index in [1.54, 1.807) is 14.1 Å². The van der Waals surface area contributed by atoms with E-state index < -0.39 is 6.09 Å². The van der Waals surface area contributed by atoms with Crippen molar-refractivity contribution in [2.75, 3.05) is 14.1 Å². The van der Waals surface area contributed by atoms with Crippen LogP contribution in [0.5, 0.6) is 5.88 Å². The molecule has 0 saturated heterocycles. The van der Waals surface area contributed by atoms with Crippen LogP contribution in [0.3, 0.4) is 0 Å². The van der Waals surface area contributed by atoms with Crippen LogP contribution in [0.25, 0.3) is 0 Å². The molecule has 7 heteroatoms. The molecule has 14 heavy (non-hydrogen) atoms. The summed E-state index contributed by atoms with van der Waals surface area (Å²) in [5.74, 6) is 0.410. The average Bonchev–Trinajstić information content (AvgIpc) is 2.47. The van der Waals surface area contributed by atoms with Crippen molar-refractivity contribution in [3.8, 4) is 5.88 Å². The van der Waals surface area contributed by atoms with E-state index in [4.69, 9.17) is 20.9 Å². The Morgan fingerprint density at radius 3 is 2.79 bits per heavy atom. The minimum absolute atomic E-state index is 0.0141. The minimum Gasteiger partial charge on any atom is -0.386 e. The summed E-state index contributed by atoms with van der Waals surface area (Å²) in [6.45, 7) is 0. The summed E-state index contributed by atoms with van der Waals surface area (Å²) in [5.41, 5.74) is 0. The summed E-state index contributed by atoms with van der Waals surface area (Å²) in [5, 5.41) is 4.12. The molecule has 0 aliphatic carbocycles. The molecule has 0 bridgehead atoms. The largest absolute Gasteiger partial charge is 0.416 e. The molecular weight excluding hydrogens is 275 g/mol. The Labute approximate surface area is 94.1 Å². The van der Waals surface area contributed by atoms with Crippen LogP contribution in [0, 0.1) is 0 Å². The highest BCUT2D eigenvalue weighted by Crippen LogP contribution is 2.28. The maximum atomic E-state index is 11.1. The summed E-state index contributed by atoms with van der Waals surface area (Å²) >= 11 is 8.94. The van der Waals surface area contributed by atoms with Crippen LogP contribution in [0.15, 0.2) is 4.52 Å². The van der Waals surface area contributed by atoms with E-state index in [2.05, 4.69) is 21.1 Å². The van der Waals surface area contributed by atoms with Gasteiger partial charge < -0.3 is 14.2 Å². The highest BCUT2D eigenvalue weighted by atomic mass is 79.9. The Morgan fingerprint density at radius 1 is 1.71 bits per heavy atom. The molecule has 78 valence electrons. The van der Waals surface area contributed by atoms with Gasteiger partial charge in [0.25, 0.3) is 5.88 Å². The van der Waals surface area contributed by atoms with Crippen molar-refractivity contribution >= 4 is 33.6 Å². The second-order valence-electron chi connectivity index (χ2n) is 2.62. The first-order chi connectivity index (χ1) is 6.56. The first kappa shape index (κ1) is 11.3. The number of rotatable bonds is 2. The lowest BCUT2D eigenvalue weighted by Crippen LogP contribution is -2.25. The van der Waals surface area contributed by atoms with Crippen LogP contribution >= 0.6 is 27.5 Å². The van der Waals surface area contributed by atoms with Gasteiger partial charge in [0.05, 0.1) is 5.33 Å². The SMILES string of the molecule is CN(C)C(=O)Oc1noc(CBr)c1Cl. The molecule has 0 aliphatic rings. The Bertz CT molecular complexity index is 340. The maximum Gasteiger partial charge on any atom is 0.416 e. The van der Waals surface area contributed by atoms with E-state index in [1.807, 2.05) is 0 Å². The summed E-state index contributed by atoms with van der Waals surface area (Å²) in [4.78, 5) is 12.4. The topological polar surface area (TPSA) is 55.6 Å². The van der Waals surface area contributed by atoms with Crippen molar-refractivity contribution in [1.82, 2.24) is 10.1 Å². The van der Waals surface area contributed by atoms with Crippen LogP contribution in [-0.2, 0) is 5.33 Å². The molecular formula is C7H8BrClN2O3. The molecule has 0 saturated carbocycles. The monoisotopic (exact) mass is 282 g/mol. The summed E-state index contributed by atoms with van der Waals surface area (Å²) in [7, 11) is 3.11. The van der Waals surface area contributed by atoms with Gasteiger partial charge in [-0.2, -0.15) is 0 Å². The molecule has 0 atom stereocenters. The number of alkyl halides is 1. The Morgan fingerprint density at radius 2 is 2.36 bits per heavy atom. The van der Waals surface area contributed by atoms with Crippen molar-refractivity contribution < 1.29 is 14.1 Å². The molecule has 1 aromatic rings. The average molecular weight is 284 g/mol. The highest BCUT2D eigenvalue weighted by Gasteiger charge is 2.18. The van der Waals surface area contributed by atoms with Crippen molar-refractivity contribution in [1.29, 1.82) is 0 Å². The lowest BCUT2D eigenvalue weighted by molar-refractivity contribution is 0.167. The number of carbonyl (C=O) groups excluding carboxylic acids is 1. The van der Waals surface area contributed by atoms with Gasteiger partial charge in [-0.1, -0.05) is 27.5 Å². The lowest BCUT2D eigenvalue weighted by atomic mass is 10.5. The van der Waals surface area contributed by atoms with Crippen LogP contribution in [0.2, 0.25) is 5.02 Å². The minimum atomic E-state index is -0.554. The van der Waals surface area contributed by atoms with E-state index in [1.165, 1.54) is 4.90 Å². The molecule has 1 rings (SSSR count). The van der Waals surface area contributed by atoms with Gasteiger partial charge in [-0.3, -0.25) is 0 Å². The third-order valence-corrected chi connectivity index (χ3v) is 2.22. The first-order valence-electron chi connectivity index (χ1n) is 3.65. The van der Waals surface area contributed by atoms with Gasteiger partial charge in [-0.25, -0.2) is 4.79 Å². The number of hydrogen-bond donors (Lipinski definition) is 0. The molecule has 0 aliphatic heterocycles. The molecule has 1 heterocycles. The smallest absolute Gasteiger partial charge is 0.386 e. The van der Waals surface area contributed by atoms with Crippen LogP contribution in [0.4, 0.5) is 4.79 Å². The van der Waals surface area contributed by atoms with Crippen LogP contribution < -0.4 is 4.74 Å². The number of hydrogen-bond acceptors (Lipinski definition) is 4. The van der Waals surface area contributed by atoms with Gasteiger partial charge in [-0.05, 0) is 5.16 Å². The van der Waals surface area contributed by atoms with E-state index in [0.717, 1.165) is 0 Å². The van der Waals surface area contributed by atoms with Gasteiger partial charge in [0.1, 0.15) is 5.02 Å². The zero-order valence-electron chi connectivity index (χ0n) is 7.58. The van der Waals surface area contributed by atoms with Gasteiger partial charge in [0, 0.05) is 14.1 Å². The third-order valence-electron chi connectivity index (χ3n) is 1.34. The summed E-state index contributed by atoms with van der Waals surface area (Å²) in [6.07, 6.45) is -0.554. The van der Waals surface area contributed by atoms with Crippen molar-refractivity contribution in [2.24, 2.45) is 0 Å². The van der Waals surface area contributed by atoms with Crippen molar-refractivity contribution in [3.05, 3.63) is 10.8 Å². The number of carbonyl (C=O) groups is 1. The van der Waals surface area contributed by atoms with E-state index >= 15 is 0 Å². The fourth-order valence-corrected chi connectivity index (χ4v) is 1.34. The number of halogens is 2. The Kier molecular flexibility index (Phi) is 3.77. The second kappa shape index (κ2) is 4.65. The number of amides is 1. The van der Waals surface area contributed by atoms with Crippen molar-refractivity contribution in [2.45, 2.75) is 5.33 Å². The standard InChI is InChI=1S/C7H8BrClN2O3/c1-11(2)7(12)13-6-5(9)4(3-8)14-10-6/h3H2,1-2H3. The number of ether oxygens (including phenoxy) is 1. The number of aromatic nitrogens is 1. The zero-order chi connectivity index (χ0) is 10.7. The predicted octanol–water partition coefficient (Wildman–Crippen LogP) is 2.28. The van der Waals surface area contributed by atoms with E-state index in [0.29, 0.717) is 11.1 Å².